The van der Waals surface area contributed by atoms with Crippen LogP contribution in [0.25, 0.3) is 11.5 Å². The number of aromatic amines is 1. The molecular formula is C12H16N4O3. The first kappa shape index (κ1) is 13.3. The van der Waals surface area contributed by atoms with E-state index in [0.29, 0.717) is 23.9 Å². The van der Waals surface area contributed by atoms with E-state index in [2.05, 4.69) is 24.5 Å². The molecule has 2 aromatic heterocycles. The summed E-state index contributed by atoms with van der Waals surface area (Å²) in [5.41, 5.74) is 0.534. The molecule has 7 heteroatoms. The second kappa shape index (κ2) is 6.14. The van der Waals surface area contributed by atoms with E-state index in [1.807, 2.05) is 14.1 Å². The topological polar surface area (TPSA) is 84.2 Å². The van der Waals surface area contributed by atoms with Crippen LogP contribution < -0.4 is 10.5 Å². The van der Waals surface area contributed by atoms with Gasteiger partial charge in [-0.2, -0.15) is 0 Å². The van der Waals surface area contributed by atoms with Gasteiger partial charge in [-0.15, -0.1) is 0 Å². The number of nitrogens with one attached hydrogen (secondary N) is 1. The van der Waals surface area contributed by atoms with Crippen molar-refractivity contribution in [3.63, 3.8) is 0 Å². The monoisotopic (exact) mass is 264 g/mol. The van der Waals surface area contributed by atoms with Crippen molar-refractivity contribution < 1.29 is 9.26 Å². The van der Waals surface area contributed by atoms with Crippen LogP contribution in [0.15, 0.2) is 27.6 Å². The Labute approximate surface area is 110 Å². The van der Waals surface area contributed by atoms with Gasteiger partial charge in [-0.25, -0.2) is 9.78 Å². The van der Waals surface area contributed by atoms with Gasteiger partial charge in [-0.3, -0.25) is 9.51 Å². The standard InChI is InChI=1S/C12H16N4O3/c1-16(2)6-3-7-18-9-4-5-10(13-8-9)11-14-12(17)19-15-11/h4-5,8H,3,6-7H2,1-2H3,(H,14,15,17). The minimum Gasteiger partial charge on any atom is -0.492 e. The molecule has 2 heterocycles. The predicted octanol–water partition coefficient (Wildman–Crippen LogP) is 0.755. The Bertz CT molecular complexity index is 559. The molecule has 0 bridgehead atoms. The van der Waals surface area contributed by atoms with Crippen LogP contribution in [0.2, 0.25) is 0 Å². The van der Waals surface area contributed by atoms with Gasteiger partial charge in [0.2, 0.25) is 5.82 Å². The molecule has 0 aromatic carbocycles. The highest BCUT2D eigenvalue weighted by atomic mass is 16.5. The second-order valence-electron chi connectivity index (χ2n) is 4.33. The Morgan fingerprint density at radius 1 is 1.42 bits per heavy atom. The summed E-state index contributed by atoms with van der Waals surface area (Å²) >= 11 is 0. The summed E-state index contributed by atoms with van der Waals surface area (Å²) in [4.78, 5) is 19.5. The first-order valence-electron chi connectivity index (χ1n) is 5.95. The zero-order chi connectivity index (χ0) is 13.7. The molecule has 0 amide bonds. The van der Waals surface area contributed by atoms with Gasteiger partial charge in [-0.1, -0.05) is 5.16 Å². The third-order valence-electron chi connectivity index (χ3n) is 2.44. The third kappa shape index (κ3) is 3.92. The summed E-state index contributed by atoms with van der Waals surface area (Å²) < 4.78 is 9.96. The fourth-order valence-electron chi connectivity index (χ4n) is 1.52. The highest BCUT2D eigenvalue weighted by molar-refractivity contribution is 5.48. The van der Waals surface area contributed by atoms with E-state index in [1.165, 1.54) is 0 Å². The van der Waals surface area contributed by atoms with Crippen molar-refractivity contribution in [2.45, 2.75) is 6.42 Å². The van der Waals surface area contributed by atoms with E-state index < -0.39 is 5.76 Å². The first-order valence-corrected chi connectivity index (χ1v) is 5.95. The lowest BCUT2D eigenvalue weighted by Crippen LogP contribution is -2.15. The van der Waals surface area contributed by atoms with E-state index in [-0.39, 0.29) is 0 Å². The van der Waals surface area contributed by atoms with Crippen LogP contribution in [-0.2, 0) is 0 Å². The molecule has 0 aliphatic carbocycles. The van der Waals surface area contributed by atoms with Gasteiger partial charge in [0.25, 0.3) is 0 Å². The maximum atomic E-state index is 10.8. The third-order valence-corrected chi connectivity index (χ3v) is 2.44. The number of rotatable bonds is 6. The minimum absolute atomic E-state index is 0.309. The molecule has 102 valence electrons. The van der Waals surface area contributed by atoms with Crippen molar-refractivity contribution in [2.75, 3.05) is 27.2 Å². The molecule has 0 aliphatic rings. The summed E-state index contributed by atoms with van der Waals surface area (Å²) in [6, 6.07) is 3.50. The van der Waals surface area contributed by atoms with Crippen molar-refractivity contribution in [2.24, 2.45) is 0 Å². The number of hydrogen-bond donors (Lipinski definition) is 1. The molecule has 19 heavy (non-hydrogen) atoms. The van der Waals surface area contributed by atoms with Crippen molar-refractivity contribution in [1.29, 1.82) is 0 Å². The maximum absolute atomic E-state index is 10.8. The van der Waals surface area contributed by atoms with E-state index >= 15 is 0 Å². The summed E-state index contributed by atoms with van der Waals surface area (Å²) in [7, 11) is 4.05. The van der Waals surface area contributed by atoms with Crippen molar-refractivity contribution in [3.8, 4) is 17.3 Å². The molecule has 0 unspecified atom stereocenters. The van der Waals surface area contributed by atoms with Crippen molar-refractivity contribution >= 4 is 0 Å². The van der Waals surface area contributed by atoms with Crippen molar-refractivity contribution in [3.05, 3.63) is 28.9 Å². The normalized spacial score (nSPS) is 10.9. The number of aromatic nitrogens is 3. The zero-order valence-electron chi connectivity index (χ0n) is 10.9. The van der Waals surface area contributed by atoms with Gasteiger partial charge >= 0.3 is 5.76 Å². The number of nitrogens with zero attached hydrogens (tertiary/aromatic N) is 3. The number of pyridine rings is 1. The Hall–Kier alpha value is -2.15. The van der Waals surface area contributed by atoms with Crippen LogP contribution in [0.5, 0.6) is 5.75 Å². The summed E-state index contributed by atoms with van der Waals surface area (Å²) in [6.07, 6.45) is 2.54. The fourth-order valence-corrected chi connectivity index (χ4v) is 1.52. The minimum atomic E-state index is -0.596. The number of H-pyrrole nitrogens is 1. The SMILES string of the molecule is CN(C)CCCOc1ccc(-c2noc(=O)[nH]2)nc1. The van der Waals surface area contributed by atoms with Crippen LogP contribution >= 0.6 is 0 Å². The molecule has 2 rings (SSSR count). The lowest BCUT2D eigenvalue weighted by Gasteiger charge is -2.10. The predicted molar refractivity (Wildman–Crippen MR) is 69.0 cm³/mol. The largest absolute Gasteiger partial charge is 0.492 e. The molecule has 0 saturated carbocycles. The Balaban J connectivity index is 1.90. The molecule has 0 fully saturated rings. The average Bonchev–Trinajstić information content (AvgIpc) is 2.82. The Morgan fingerprint density at radius 2 is 2.26 bits per heavy atom. The van der Waals surface area contributed by atoms with E-state index in [0.717, 1.165) is 13.0 Å². The van der Waals surface area contributed by atoms with Gasteiger partial charge in [0.1, 0.15) is 11.4 Å². The fraction of sp³-hybridized carbons (Fsp3) is 0.417. The molecule has 2 aromatic rings. The van der Waals surface area contributed by atoms with Crippen LogP contribution in [-0.4, -0.2) is 47.3 Å². The highest BCUT2D eigenvalue weighted by Gasteiger charge is 2.05. The zero-order valence-corrected chi connectivity index (χ0v) is 10.9. The quantitative estimate of drug-likeness (QED) is 0.775. The molecule has 1 N–H and O–H groups in total. The van der Waals surface area contributed by atoms with Crippen molar-refractivity contribution in [1.82, 2.24) is 20.0 Å². The molecule has 0 atom stereocenters. The van der Waals surface area contributed by atoms with Crippen LogP contribution in [0.1, 0.15) is 6.42 Å². The number of hydrogen-bond acceptors (Lipinski definition) is 6. The molecule has 0 aliphatic heterocycles. The molecule has 0 radical (unpaired) electrons. The van der Waals surface area contributed by atoms with E-state index in [1.54, 1.807) is 18.3 Å². The van der Waals surface area contributed by atoms with Gasteiger partial charge in [-0.05, 0) is 32.6 Å². The highest BCUT2D eigenvalue weighted by Crippen LogP contribution is 2.15. The first-order chi connectivity index (χ1) is 9.15. The molecular weight excluding hydrogens is 248 g/mol. The Morgan fingerprint density at radius 3 is 2.84 bits per heavy atom. The van der Waals surface area contributed by atoms with Crippen LogP contribution in [0, 0.1) is 0 Å². The molecule has 0 spiro atoms. The van der Waals surface area contributed by atoms with Crippen LogP contribution in [0.3, 0.4) is 0 Å². The van der Waals surface area contributed by atoms with Gasteiger partial charge in [0.05, 0.1) is 12.8 Å². The van der Waals surface area contributed by atoms with Gasteiger partial charge in [0, 0.05) is 6.54 Å². The summed E-state index contributed by atoms with van der Waals surface area (Å²) in [6.45, 7) is 1.62. The molecule has 0 saturated heterocycles. The lowest BCUT2D eigenvalue weighted by atomic mass is 10.3. The van der Waals surface area contributed by atoms with E-state index in [4.69, 9.17) is 4.74 Å². The second-order valence-corrected chi connectivity index (χ2v) is 4.33. The summed E-state index contributed by atoms with van der Waals surface area (Å²) in [5, 5.41) is 3.56. The van der Waals surface area contributed by atoms with E-state index in [9.17, 15) is 4.79 Å². The lowest BCUT2D eigenvalue weighted by molar-refractivity contribution is 0.281. The summed E-state index contributed by atoms with van der Waals surface area (Å²) in [5.74, 6) is 0.401. The van der Waals surface area contributed by atoms with Gasteiger partial charge in [0.15, 0.2) is 0 Å². The average molecular weight is 264 g/mol. The smallest absolute Gasteiger partial charge is 0.439 e. The number of ether oxygens (including phenoxy) is 1. The maximum Gasteiger partial charge on any atom is 0.439 e. The Kier molecular flexibility index (Phi) is 4.30. The van der Waals surface area contributed by atoms with Gasteiger partial charge < -0.3 is 9.64 Å². The molecule has 7 nitrogen and oxygen atoms in total. The van der Waals surface area contributed by atoms with Crippen LogP contribution in [0.4, 0.5) is 0 Å².